The van der Waals surface area contributed by atoms with Gasteiger partial charge in [-0.05, 0) is 44.2 Å². The molecule has 4 N–H and O–H groups in total. The van der Waals surface area contributed by atoms with E-state index in [1.54, 1.807) is 6.92 Å². The van der Waals surface area contributed by atoms with E-state index in [1.807, 2.05) is 25.8 Å². The second-order valence-corrected chi connectivity index (χ2v) is 11.2. The molecule has 184 valence electrons. The van der Waals surface area contributed by atoms with Crippen molar-refractivity contribution < 1.29 is 24.8 Å². The number of likely N-dealkylation sites (N-methyl/N-ethyl adjacent to an activating group) is 1. The number of benzene rings is 1. The van der Waals surface area contributed by atoms with Crippen molar-refractivity contribution in [1.82, 2.24) is 4.90 Å². The third kappa shape index (κ3) is 4.77. The van der Waals surface area contributed by atoms with E-state index in [0.717, 1.165) is 12.5 Å². The average molecular weight is 462 g/mol. The summed E-state index contributed by atoms with van der Waals surface area (Å²) >= 11 is 0. The third-order valence-corrected chi connectivity index (χ3v) is 7.44. The van der Waals surface area contributed by atoms with Gasteiger partial charge in [0.2, 0.25) is 5.43 Å². The minimum atomic E-state index is -1.10. The van der Waals surface area contributed by atoms with Crippen molar-refractivity contribution >= 4 is 11.0 Å². The lowest BCUT2D eigenvalue weighted by molar-refractivity contribution is 0.0129. The molecule has 3 rings (SSSR count). The summed E-state index contributed by atoms with van der Waals surface area (Å²) < 4.78 is 6.06. The van der Waals surface area contributed by atoms with E-state index in [9.17, 15) is 25.2 Å². The summed E-state index contributed by atoms with van der Waals surface area (Å²) in [5.41, 5.74) is -0.630. The molecule has 0 saturated carbocycles. The maximum Gasteiger partial charge on any atom is 0.202 e. The third-order valence-electron chi connectivity index (χ3n) is 7.44. The first-order valence-corrected chi connectivity index (χ1v) is 11.8. The summed E-state index contributed by atoms with van der Waals surface area (Å²) in [5.74, 6) is -0.808. The molecule has 7 nitrogen and oxygen atoms in total. The summed E-state index contributed by atoms with van der Waals surface area (Å²) in [6.07, 6.45) is 0.320. The van der Waals surface area contributed by atoms with Crippen LogP contribution in [-0.4, -0.2) is 51.6 Å². The molecule has 2 aromatic rings. The monoisotopic (exact) mass is 461 g/mol. The fourth-order valence-electron chi connectivity index (χ4n) is 5.42. The van der Waals surface area contributed by atoms with Crippen molar-refractivity contribution in [2.24, 2.45) is 10.8 Å². The molecule has 1 aromatic carbocycles. The fourth-order valence-corrected chi connectivity index (χ4v) is 5.42. The number of rotatable bonds is 6. The number of fused-ring (bicyclic) bond motifs is 1. The van der Waals surface area contributed by atoms with Gasteiger partial charge in [-0.3, -0.25) is 4.79 Å². The molecule has 0 bridgehead atoms. The molecule has 1 aliphatic rings. The van der Waals surface area contributed by atoms with Crippen LogP contribution >= 0.6 is 0 Å². The van der Waals surface area contributed by atoms with Crippen LogP contribution in [0.15, 0.2) is 15.3 Å². The van der Waals surface area contributed by atoms with Gasteiger partial charge in [0.05, 0.1) is 17.8 Å². The Morgan fingerprint density at radius 3 is 2.42 bits per heavy atom. The molecule has 1 fully saturated rings. The first-order valence-electron chi connectivity index (χ1n) is 11.8. The van der Waals surface area contributed by atoms with E-state index in [0.29, 0.717) is 31.5 Å². The molecule has 0 amide bonds. The number of hydrogen-bond donors (Lipinski definition) is 4. The second kappa shape index (κ2) is 8.93. The molecule has 0 aliphatic carbocycles. The Morgan fingerprint density at radius 2 is 1.85 bits per heavy atom. The Hall–Kier alpha value is -2.09. The zero-order valence-electron chi connectivity index (χ0n) is 20.9. The van der Waals surface area contributed by atoms with Crippen LogP contribution in [0.25, 0.3) is 11.0 Å². The van der Waals surface area contributed by atoms with Gasteiger partial charge in [0, 0.05) is 24.1 Å². The van der Waals surface area contributed by atoms with Gasteiger partial charge in [-0.1, -0.05) is 41.0 Å². The van der Waals surface area contributed by atoms with Gasteiger partial charge in [0.25, 0.3) is 0 Å². The number of aromatic hydroxyl groups is 2. The highest BCUT2D eigenvalue weighted by Gasteiger charge is 2.39. The number of aliphatic hydroxyl groups is 2. The smallest absolute Gasteiger partial charge is 0.202 e. The number of piperidine rings is 1. The lowest BCUT2D eigenvalue weighted by Gasteiger charge is -2.38. The van der Waals surface area contributed by atoms with Gasteiger partial charge in [-0.25, -0.2) is 0 Å². The van der Waals surface area contributed by atoms with Crippen molar-refractivity contribution in [2.45, 2.75) is 78.9 Å². The van der Waals surface area contributed by atoms with E-state index < -0.39 is 34.7 Å². The minimum Gasteiger partial charge on any atom is -0.507 e. The number of phenolic OH excluding ortho intramolecular Hbond substituents is 2. The highest BCUT2D eigenvalue weighted by Crippen LogP contribution is 2.46. The summed E-state index contributed by atoms with van der Waals surface area (Å²) in [6.45, 7) is 13.0. The molecule has 1 saturated heterocycles. The number of phenols is 2. The van der Waals surface area contributed by atoms with Crippen molar-refractivity contribution in [3.63, 3.8) is 0 Å². The van der Waals surface area contributed by atoms with Crippen LogP contribution in [0.2, 0.25) is 0 Å². The standard InChI is InChI=1S/C26H39NO6/c1-8-25(3,4)13-26(5,6)24(32)19-14(2)33-23-20(15-9-10-27(7)12-18(15)30)16(28)11-17(29)21(23)22(19)31/h11,15,18,24,28-30,32H,8-10,12-13H2,1-7H3. The molecule has 7 heteroatoms. The normalized spacial score (nSPS) is 21.5. The van der Waals surface area contributed by atoms with E-state index in [2.05, 4.69) is 20.8 Å². The van der Waals surface area contributed by atoms with Crippen molar-refractivity contribution in [3.8, 4) is 11.5 Å². The summed E-state index contributed by atoms with van der Waals surface area (Å²) in [6, 6.07) is 1.14. The zero-order chi connectivity index (χ0) is 24.9. The number of β-amino-alcohol motifs (C(OH)–C–C–N with tert-alkyl or cyclic N) is 1. The Morgan fingerprint density at radius 1 is 1.21 bits per heavy atom. The van der Waals surface area contributed by atoms with Gasteiger partial charge in [0.1, 0.15) is 28.2 Å². The highest BCUT2D eigenvalue weighted by atomic mass is 16.3. The predicted octanol–water partition coefficient (Wildman–Crippen LogP) is 4.18. The van der Waals surface area contributed by atoms with Crippen LogP contribution in [0.4, 0.5) is 0 Å². The number of nitrogens with zero attached hydrogens (tertiary/aromatic N) is 1. The summed E-state index contributed by atoms with van der Waals surface area (Å²) in [5, 5.41) is 43.2. The van der Waals surface area contributed by atoms with Crippen LogP contribution in [0.5, 0.6) is 11.5 Å². The first-order chi connectivity index (χ1) is 15.2. The number of aliphatic hydroxyl groups excluding tert-OH is 2. The minimum absolute atomic E-state index is 0.0270. The lowest BCUT2D eigenvalue weighted by atomic mass is 9.69. The van der Waals surface area contributed by atoms with Crippen LogP contribution in [0, 0.1) is 17.8 Å². The Kier molecular flexibility index (Phi) is 6.91. The number of hydrogen-bond acceptors (Lipinski definition) is 7. The molecule has 1 aromatic heterocycles. The van der Waals surface area contributed by atoms with E-state index >= 15 is 0 Å². The maximum absolute atomic E-state index is 13.6. The Balaban J connectivity index is 2.20. The molecular formula is C26H39NO6. The maximum atomic E-state index is 13.6. The fraction of sp³-hybridized carbons (Fsp3) is 0.654. The van der Waals surface area contributed by atoms with Crippen molar-refractivity contribution in [2.75, 3.05) is 20.1 Å². The molecular weight excluding hydrogens is 422 g/mol. The van der Waals surface area contributed by atoms with Crippen LogP contribution < -0.4 is 5.43 Å². The Bertz CT molecular complexity index is 1090. The summed E-state index contributed by atoms with van der Waals surface area (Å²) in [7, 11) is 1.91. The SMILES string of the molecule is CCC(C)(C)CC(C)(C)C(O)c1c(C)oc2c(C3CCN(C)CC3O)c(O)cc(O)c2c1=O. The molecule has 0 radical (unpaired) electrons. The van der Waals surface area contributed by atoms with Gasteiger partial charge >= 0.3 is 0 Å². The molecule has 1 aliphatic heterocycles. The van der Waals surface area contributed by atoms with Crippen LogP contribution in [0.3, 0.4) is 0 Å². The van der Waals surface area contributed by atoms with Crippen molar-refractivity contribution in [1.29, 1.82) is 0 Å². The zero-order valence-corrected chi connectivity index (χ0v) is 20.9. The first kappa shape index (κ1) is 25.5. The average Bonchev–Trinajstić information content (AvgIpc) is 2.68. The largest absolute Gasteiger partial charge is 0.507 e. The predicted molar refractivity (Wildman–Crippen MR) is 129 cm³/mol. The molecule has 3 unspecified atom stereocenters. The lowest BCUT2D eigenvalue weighted by Crippen LogP contribution is -2.40. The van der Waals surface area contributed by atoms with E-state index in [4.69, 9.17) is 4.42 Å². The van der Waals surface area contributed by atoms with Gasteiger partial charge in [-0.2, -0.15) is 0 Å². The van der Waals surface area contributed by atoms with Gasteiger partial charge in [-0.15, -0.1) is 0 Å². The van der Waals surface area contributed by atoms with Crippen LogP contribution in [0.1, 0.15) is 82.8 Å². The van der Waals surface area contributed by atoms with Crippen LogP contribution in [-0.2, 0) is 0 Å². The molecule has 0 spiro atoms. The Labute approximate surface area is 195 Å². The molecule has 2 heterocycles. The highest BCUT2D eigenvalue weighted by molar-refractivity contribution is 5.89. The quantitative estimate of drug-likeness (QED) is 0.510. The molecule has 3 atom stereocenters. The van der Waals surface area contributed by atoms with Gasteiger partial charge in [0.15, 0.2) is 0 Å². The molecule has 33 heavy (non-hydrogen) atoms. The topological polar surface area (TPSA) is 114 Å². The van der Waals surface area contributed by atoms with E-state index in [1.165, 1.54) is 0 Å². The van der Waals surface area contributed by atoms with Gasteiger partial charge < -0.3 is 29.7 Å². The van der Waals surface area contributed by atoms with E-state index in [-0.39, 0.29) is 33.5 Å². The number of aryl methyl sites for hydroxylation is 1. The van der Waals surface area contributed by atoms with Crippen molar-refractivity contribution in [3.05, 3.63) is 33.2 Å². The number of likely N-dealkylation sites (tertiary alicyclic amines) is 1. The summed E-state index contributed by atoms with van der Waals surface area (Å²) in [4.78, 5) is 15.6. The second-order valence-electron chi connectivity index (χ2n) is 11.2.